The molecule has 0 unspecified atom stereocenters. The highest BCUT2D eigenvalue weighted by atomic mass is 16.5. The highest BCUT2D eigenvalue weighted by Crippen LogP contribution is 2.18. The molecule has 1 fully saturated rings. The fourth-order valence-corrected chi connectivity index (χ4v) is 2.47. The molecule has 27 heavy (non-hydrogen) atoms. The molecule has 1 aromatic rings. The molecule has 0 aliphatic heterocycles. The van der Waals surface area contributed by atoms with Gasteiger partial charge in [0.15, 0.2) is 6.61 Å². The lowest BCUT2D eigenvalue weighted by Crippen LogP contribution is -2.40. The SMILES string of the molecule is CC(=O)N[C@@H](CC(=O)OCC(=O)N(C)CC(=O)NC1CC1)c1ccccc1. The first-order valence-electron chi connectivity index (χ1n) is 8.86. The summed E-state index contributed by atoms with van der Waals surface area (Å²) in [6, 6.07) is 8.73. The summed E-state index contributed by atoms with van der Waals surface area (Å²) in [6.45, 7) is 0.839. The Labute approximate surface area is 158 Å². The molecule has 8 heteroatoms. The van der Waals surface area contributed by atoms with Gasteiger partial charge in [-0.1, -0.05) is 30.3 Å². The lowest BCUT2D eigenvalue weighted by molar-refractivity contribution is -0.152. The summed E-state index contributed by atoms with van der Waals surface area (Å²) >= 11 is 0. The van der Waals surface area contributed by atoms with Gasteiger partial charge in [0, 0.05) is 20.0 Å². The molecule has 0 aromatic heterocycles. The fraction of sp³-hybridized carbons (Fsp3) is 0.474. The zero-order chi connectivity index (χ0) is 19.8. The molecule has 0 bridgehead atoms. The molecule has 2 rings (SSSR count). The van der Waals surface area contributed by atoms with Crippen LogP contribution in [-0.2, 0) is 23.9 Å². The number of likely N-dealkylation sites (N-methyl/N-ethyl adjacent to an activating group) is 1. The van der Waals surface area contributed by atoms with Gasteiger partial charge in [-0.3, -0.25) is 19.2 Å². The van der Waals surface area contributed by atoms with E-state index >= 15 is 0 Å². The molecule has 1 aromatic carbocycles. The molecule has 8 nitrogen and oxygen atoms in total. The lowest BCUT2D eigenvalue weighted by Gasteiger charge is -2.19. The van der Waals surface area contributed by atoms with Gasteiger partial charge in [0.25, 0.3) is 5.91 Å². The van der Waals surface area contributed by atoms with Crippen LogP contribution < -0.4 is 10.6 Å². The average molecular weight is 375 g/mol. The van der Waals surface area contributed by atoms with E-state index in [0.717, 1.165) is 18.4 Å². The van der Waals surface area contributed by atoms with Gasteiger partial charge in [-0.25, -0.2) is 0 Å². The maximum absolute atomic E-state index is 12.1. The summed E-state index contributed by atoms with van der Waals surface area (Å²) in [4.78, 5) is 48.4. The van der Waals surface area contributed by atoms with Crippen molar-refractivity contribution in [1.29, 1.82) is 0 Å². The van der Waals surface area contributed by atoms with Gasteiger partial charge in [0.1, 0.15) is 0 Å². The third-order valence-corrected chi connectivity index (χ3v) is 4.06. The van der Waals surface area contributed by atoms with E-state index in [9.17, 15) is 19.2 Å². The molecule has 3 amide bonds. The van der Waals surface area contributed by atoms with Crippen LogP contribution in [0, 0.1) is 0 Å². The van der Waals surface area contributed by atoms with Crippen molar-refractivity contribution >= 4 is 23.7 Å². The highest BCUT2D eigenvalue weighted by Gasteiger charge is 2.25. The van der Waals surface area contributed by atoms with Crippen molar-refractivity contribution in [2.75, 3.05) is 20.2 Å². The van der Waals surface area contributed by atoms with Crippen LogP contribution in [0.2, 0.25) is 0 Å². The number of ether oxygens (including phenoxy) is 1. The summed E-state index contributed by atoms with van der Waals surface area (Å²) in [7, 11) is 1.48. The third-order valence-electron chi connectivity index (χ3n) is 4.06. The quantitative estimate of drug-likeness (QED) is 0.613. The minimum atomic E-state index is -0.609. The molecule has 1 aliphatic carbocycles. The van der Waals surface area contributed by atoms with Crippen molar-refractivity contribution < 1.29 is 23.9 Å². The van der Waals surface area contributed by atoms with Gasteiger partial charge >= 0.3 is 5.97 Å². The Balaban J connectivity index is 1.79. The van der Waals surface area contributed by atoms with E-state index in [4.69, 9.17) is 4.74 Å². The van der Waals surface area contributed by atoms with Crippen LogP contribution in [-0.4, -0.2) is 54.8 Å². The molecule has 146 valence electrons. The van der Waals surface area contributed by atoms with Crippen LogP contribution in [0.1, 0.15) is 37.8 Å². The van der Waals surface area contributed by atoms with E-state index in [1.54, 1.807) is 24.3 Å². The number of carbonyl (C=O) groups excluding carboxylic acids is 4. The minimum Gasteiger partial charge on any atom is -0.455 e. The Hall–Kier alpha value is -2.90. The van der Waals surface area contributed by atoms with Crippen molar-refractivity contribution in [3.05, 3.63) is 35.9 Å². The normalized spacial score (nSPS) is 14.0. The maximum Gasteiger partial charge on any atom is 0.308 e. The standard InChI is InChI=1S/C19H25N3O5/c1-13(23)20-16(14-6-4-3-5-7-14)10-19(26)27-12-18(25)22(2)11-17(24)21-15-8-9-15/h3-7,15-16H,8-12H2,1-2H3,(H,20,23)(H,21,24)/t16-/m0/s1. The second-order valence-electron chi connectivity index (χ2n) is 6.62. The smallest absolute Gasteiger partial charge is 0.308 e. The van der Waals surface area contributed by atoms with Crippen LogP contribution in [0.5, 0.6) is 0 Å². The van der Waals surface area contributed by atoms with Gasteiger partial charge < -0.3 is 20.3 Å². The zero-order valence-electron chi connectivity index (χ0n) is 15.6. The average Bonchev–Trinajstić information content (AvgIpc) is 3.43. The number of esters is 1. The molecule has 1 aliphatic rings. The molecule has 1 atom stereocenters. The minimum absolute atomic E-state index is 0.0780. The van der Waals surface area contributed by atoms with Gasteiger partial charge in [0.2, 0.25) is 11.8 Å². The monoisotopic (exact) mass is 375 g/mol. The highest BCUT2D eigenvalue weighted by molar-refractivity contribution is 5.86. The molecule has 0 radical (unpaired) electrons. The van der Waals surface area contributed by atoms with Crippen molar-refractivity contribution in [2.45, 2.75) is 38.3 Å². The number of amides is 3. The largest absolute Gasteiger partial charge is 0.455 e. The van der Waals surface area contributed by atoms with Crippen molar-refractivity contribution in [1.82, 2.24) is 15.5 Å². The number of benzene rings is 1. The molecule has 1 saturated carbocycles. The van der Waals surface area contributed by atoms with Crippen LogP contribution in [0.3, 0.4) is 0 Å². The summed E-state index contributed by atoms with van der Waals surface area (Å²) in [5.74, 6) is -1.57. The Morgan fingerprint density at radius 1 is 1.19 bits per heavy atom. The summed E-state index contributed by atoms with van der Waals surface area (Å²) in [5.41, 5.74) is 0.768. The van der Waals surface area contributed by atoms with E-state index in [-0.39, 0.29) is 30.8 Å². The molecule has 0 saturated heterocycles. The maximum atomic E-state index is 12.1. The third kappa shape index (κ3) is 7.47. The number of rotatable bonds is 9. The van der Waals surface area contributed by atoms with Gasteiger partial charge in [-0.15, -0.1) is 0 Å². The second-order valence-corrected chi connectivity index (χ2v) is 6.62. The zero-order valence-corrected chi connectivity index (χ0v) is 15.6. The second kappa shape index (κ2) is 9.70. The first kappa shape index (κ1) is 20.4. The number of nitrogens with zero attached hydrogens (tertiary/aromatic N) is 1. The Kier molecular flexibility index (Phi) is 7.34. The predicted molar refractivity (Wildman–Crippen MR) is 97.4 cm³/mol. The fourth-order valence-electron chi connectivity index (χ4n) is 2.47. The molecule has 0 spiro atoms. The topological polar surface area (TPSA) is 105 Å². The van der Waals surface area contributed by atoms with E-state index in [1.807, 2.05) is 6.07 Å². The van der Waals surface area contributed by atoms with E-state index in [2.05, 4.69) is 10.6 Å². The first-order chi connectivity index (χ1) is 12.8. The lowest BCUT2D eigenvalue weighted by atomic mass is 10.0. The number of carbonyl (C=O) groups is 4. The Bertz CT molecular complexity index is 688. The van der Waals surface area contributed by atoms with Crippen LogP contribution >= 0.6 is 0 Å². The van der Waals surface area contributed by atoms with Crippen LogP contribution in [0.25, 0.3) is 0 Å². The van der Waals surface area contributed by atoms with Crippen molar-refractivity contribution in [3.8, 4) is 0 Å². The Morgan fingerprint density at radius 2 is 1.85 bits per heavy atom. The predicted octanol–water partition coefficient (Wildman–Crippen LogP) is 0.534. The molecular weight excluding hydrogens is 350 g/mol. The van der Waals surface area contributed by atoms with Crippen LogP contribution in [0.4, 0.5) is 0 Å². The van der Waals surface area contributed by atoms with Gasteiger partial charge in [-0.05, 0) is 18.4 Å². The van der Waals surface area contributed by atoms with E-state index < -0.39 is 24.5 Å². The van der Waals surface area contributed by atoms with Crippen molar-refractivity contribution in [3.63, 3.8) is 0 Å². The van der Waals surface area contributed by atoms with E-state index in [0.29, 0.717) is 0 Å². The summed E-state index contributed by atoms with van der Waals surface area (Å²) < 4.78 is 5.02. The number of nitrogens with one attached hydrogen (secondary N) is 2. The molecule has 2 N–H and O–H groups in total. The first-order valence-corrected chi connectivity index (χ1v) is 8.86. The number of hydrogen-bond donors (Lipinski definition) is 2. The van der Waals surface area contributed by atoms with Crippen LogP contribution in [0.15, 0.2) is 30.3 Å². The molecule has 0 heterocycles. The number of hydrogen-bond acceptors (Lipinski definition) is 5. The van der Waals surface area contributed by atoms with Gasteiger partial charge in [0.05, 0.1) is 19.0 Å². The summed E-state index contributed by atoms with van der Waals surface area (Å²) in [6.07, 6.45) is 1.85. The van der Waals surface area contributed by atoms with Gasteiger partial charge in [-0.2, -0.15) is 0 Å². The van der Waals surface area contributed by atoms with E-state index in [1.165, 1.54) is 18.9 Å². The summed E-state index contributed by atoms with van der Waals surface area (Å²) in [5, 5.41) is 5.49. The Morgan fingerprint density at radius 3 is 2.44 bits per heavy atom. The van der Waals surface area contributed by atoms with Crippen molar-refractivity contribution in [2.24, 2.45) is 0 Å². The molecular formula is C19H25N3O5.